The van der Waals surface area contributed by atoms with E-state index in [0.717, 1.165) is 17.6 Å². The Morgan fingerprint density at radius 3 is 2.77 bits per heavy atom. The Hall–Kier alpha value is -1.85. The lowest BCUT2D eigenvalue weighted by atomic mass is 10.2. The monoisotopic (exact) mass is 303 g/mol. The van der Waals surface area contributed by atoms with Gasteiger partial charge in [-0.25, -0.2) is 0 Å². The van der Waals surface area contributed by atoms with E-state index in [-0.39, 0.29) is 18.4 Å². The molecule has 0 saturated carbocycles. The lowest BCUT2D eigenvalue weighted by Gasteiger charge is -2.13. The molecular formula is C17H25N3O2. The molecule has 0 aliphatic carbocycles. The summed E-state index contributed by atoms with van der Waals surface area (Å²) in [6, 6.07) is 8.05. The number of carbonyl (C=O) groups is 1. The van der Waals surface area contributed by atoms with E-state index >= 15 is 0 Å². The fourth-order valence-corrected chi connectivity index (χ4v) is 2.51. The second-order valence-corrected chi connectivity index (χ2v) is 5.98. The van der Waals surface area contributed by atoms with Crippen LogP contribution in [0.2, 0.25) is 0 Å². The molecule has 2 aromatic rings. The minimum Gasteiger partial charge on any atom is -0.380 e. The van der Waals surface area contributed by atoms with Gasteiger partial charge in [-0.1, -0.05) is 13.8 Å². The van der Waals surface area contributed by atoms with E-state index in [2.05, 4.69) is 36.0 Å². The molecule has 5 heteroatoms. The van der Waals surface area contributed by atoms with E-state index in [9.17, 15) is 4.79 Å². The minimum absolute atomic E-state index is 0.0849. The number of aromatic nitrogens is 1. The molecule has 3 N–H and O–H groups in total. The molecule has 0 saturated heterocycles. The van der Waals surface area contributed by atoms with E-state index in [0.29, 0.717) is 12.5 Å². The van der Waals surface area contributed by atoms with Gasteiger partial charge >= 0.3 is 0 Å². The maximum atomic E-state index is 12.0. The number of hydrogen-bond acceptors (Lipinski definition) is 3. The van der Waals surface area contributed by atoms with E-state index < -0.39 is 0 Å². The van der Waals surface area contributed by atoms with Crippen LogP contribution in [0.25, 0.3) is 10.9 Å². The Morgan fingerprint density at radius 1 is 1.36 bits per heavy atom. The van der Waals surface area contributed by atoms with Gasteiger partial charge in [-0.05, 0) is 30.2 Å². The number of amides is 1. The largest absolute Gasteiger partial charge is 0.380 e. The maximum absolute atomic E-state index is 12.0. The zero-order chi connectivity index (χ0) is 16.1. The van der Waals surface area contributed by atoms with E-state index in [1.807, 2.05) is 18.2 Å². The molecule has 0 spiro atoms. The first-order valence-corrected chi connectivity index (χ1v) is 7.65. The van der Waals surface area contributed by atoms with Crippen LogP contribution in [0.4, 0.5) is 5.69 Å². The van der Waals surface area contributed by atoms with Crippen LogP contribution in [0.5, 0.6) is 0 Å². The molecule has 120 valence electrons. The molecular weight excluding hydrogens is 278 g/mol. The highest BCUT2D eigenvalue weighted by Crippen LogP contribution is 2.21. The van der Waals surface area contributed by atoms with Gasteiger partial charge in [0.25, 0.3) is 0 Å². The van der Waals surface area contributed by atoms with Crippen LogP contribution in [0.3, 0.4) is 0 Å². The normalized spacial score (nSPS) is 12.8. The number of benzene rings is 1. The highest BCUT2D eigenvalue weighted by molar-refractivity contribution is 5.94. The lowest BCUT2D eigenvalue weighted by molar-refractivity contribution is -0.118. The number of nitrogens with two attached hydrogens (primary N) is 1. The van der Waals surface area contributed by atoms with Crippen LogP contribution in [0.1, 0.15) is 20.3 Å². The smallest absolute Gasteiger partial charge is 0.227 e. The number of carbonyl (C=O) groups excluding carboxylic acids is 1. The van der Waals surface area contributed by atoms with E-state index in [1.165, 1.54) is 5.52 Å². The molecule has 0 aliphatic heterocycles. The lowest BCUT2D eigenvalue weighted by Crippen LogP contribution is -2.28. The van der Waals surface area contributed by atoms with Crippen LogP contribution in [0, 0.1) is 5.92 Å². The zero-order valence-electron chi connectivity index (χ0n) is 13.5. The third-order valence-corrected chi connectivity index (χ3v) is 3.63. The Morgan fingerprint density at radius 2 is 2.14 bits per heavy atom. The highest BCUT2D eigenvalue weighted by Gasteiger charge is 2.12. The molecule has 1 aromatic heterocycles. The summed E-state index contributed by atoms with van der Waals surface area (Å²) in [7, 11) is 1.56. The molecule has 0 bridgehead atoms. The van der Waals surface area contributed by atoms with Crippen molar-refractivity contribution in [2.24, 2.45) is 11.7 Å². The number of hydrogen-bond donors (Lipinski definition) is 2. The Balaban J connectivity index is 2.08. The summed E-state index contributed by atoms with van der Waals surface area (Å²) in [5.74, 6) is 0.510. The summed E-state index contributed by atoms with van der Waals surface area (Å²) in [6.07, 6.45) is 2.11. The third-order valence-electron chi connectivity index (χ3n) is 3.63. The zero-order valence-corrected chi connectivity index (χ0v) is 13.5. The SMILES string of the molecule is COC(CN)CC(=O)Nc1ccc2c(ccn2CC(C)C)c1. The van der Waals surface area contributed by atoms with Crippen LogP contribution < -0.4 is 11.1 Å². The predicted molar refractivity (Wildman–Crippen MR) is 89.9 cm³/mol. The summed E-state index contributed by atoms with van der Waals surface area (Å²) < 4.78 is 7.37. The Labute approximate surface area is 131 Å². The third kappa shape index (κ3) is 4.08. The number of fused-ring (bicyclic) bond motifs is 1. The number of nitrogens with zero attached hydrogens (tertiary/aromatic N) is 1. The van der Waals surface area contributed by atoms with E-state index in [4.69, 9.17) is 10.5 Å². The van der Waals surface area contributed by atoms with Crippen molar-refractivity contribution in [3.05, 3.63) is 30.5 Å². The van der Waals surface area contributed by atoms with Crippen molar-refractivity contribution in [2.45, 2.75) is 32.9 Å². The topological polar surface area (TPSA) is 69.3 Å². The van der Waals surface area contributed by atoms with Gasteiger partial charge < -0.3 is 20.4 Å². The molecule has 1 unspecified atom stereocenters. The molecule has 0 fully saturated rings. The van der Waals surface area contributed by atoms with Crippen LogP contribution in [-0.4, -0.2) is 30.2 Å². The average Bonchev–Trinajstić information content (AvgIpc) is 2.86. The Kier molecular flexibility index (Phi) is 5.57. The number of anilines is 1. The highest BCUT2D eigenvalue weighted by atomic mass is 16.5. The van der Waals surface area contributed by atoms with Gasteiger partial charge in [0.15, 0.2) is 0 Å². The number of nitrogens with one attached hydrogen (secondary N) is 1. The van der Waals surface area contributed by atoms with Crippen molar-refractivity contribution >= 4 is 22.5 Å². The molecule has 1 heterocycles. The first kappa shape index (κ1) is 16.5. The molecule has 5 nitrogen and oxygen atoms in total. The number of methoxy groups -OCH3 is 1. The molecule has 0 radical (unpaired) electrons. The van der Waals surface area contributed by atoms with Crippen LogP contribution in [0.15, 0.2) is 30.5 Å². The van der Waals surface area contributed by atoms with E-state index in [1.54, 1.807) is 7.11 Å². The fraction of sp³-hybridized carbons (Fsp3) is 0.471. The quantitative estimate of drug-likeness (QED) is 0.826. The van der Waals surface area contributed by atoms with Crippen molar-refractivity contribution in [3.63, 3.8) is 0 Å². The number of rotatable bonds is 7. The summed E-state index contributed by atoms with van der Waals surface area (Å²) in [6.45, 7) is 5.72. The molecule has 2 rings (SSSR count). The first-order valence-electron chi connectivity index (χ1n) is 7.65. The van der Waals surface area contributed by atoms with Gasteiger partial charge in [0.2, 0.25) is 5.91 Å². The Bertz CT molecular complexity index is 630. The van der Waals surface area contributed by atoms with Gasteiger partial charge in [0, 0.05) is 43.0 Å². The minimum atomic E-state index is -0.240. The van der Waals surface area contributed by atoms with Crippen molar-refractivity contribution in [1.82, 2.24) is 4.57 Å². The average molecular weight is 303 g/mol. The van der Waals surface area contributed by atoms with Crippen molar-refractivity contribution in [3.8, 4) is 0 Å². The summed E-state index contributed by atoms with van der Waals surface area (Å²) in [5.41, 5.74) is 7.52. The van der Waals surface area contributed by atoms with Crippen molar-refractivity contribution in [2.75, 3.05) is 19.0 Å². The van der Waals surface area contributed by atoms with Crippen LogP contribution >= 0.6 is 0 Å². The molecule has 1 amide bonds. The second kappa shape index (κ2) is 7.42. The maximum Gasteiger partial charge on any atom is 0.227 e. The molecule has 1 aromatic carbocycles. The standard InChI is InChI=1S/C17H25N3O2/c1-12(2)11-20-7-6-13-8-14(4-5-16(13)20)19-17(21)9-15(10-18)22-3/h4-8,12,15H,9-11,18H2,1-3H3,(H,19,21). The second-order valence-electron chi connectivity index (χ2n) is 5.98. The molecule has 0 aliphatic rings. The first-order chi connectivity index (χ1) is 10.5. The molecule has 1 atom stereocenters. The number of ether oxygens (including phenoxy) is 1. The van der Waals surface area contributed by atoms with Crippen LogP contribution in [-0.2, 0) is 16.1 Å². The van der Waals surface area contributed by atoms with Gasteiger partial charge in [-0.3, -0.25) is 4.79 Å². The van der Waals surface area contributed by atoms with Gasteiger partial charge in [-0.2, -0.15) is 0 Å². The molecule has 22 heavy (non-hydrogen) atoms. The van der Waals surface area contributed by atoms with Gasteiger partial charge in [-0.15, -0.1) is 0 Å². The summed E-state index contributed by atoms with van der Waals surface area (Å²) >= 11 is 0. The van der Waals surface area contributed by atoms with Crippen molar-refractivity contribution < 1.29 is 9.53 Å². The van der Waals surface area contributed by atoms with Crippen molar-refractivity contribution in [1.29, 1.82) is 0 Å². The fourth-order valence-electron chi connectivity index (χ4n) is 2.51. The summed E-state index contributed by atoms with van der Waals surface area (Å²) in [4.78, 5) is 12.0. The van der Waals surface area contributed by atoms with Gasteiger partial charge in [0.1, 0.15) is 0 Å². The van der Waals surface area contributed by atoms with Gasteiger partial charge in [0.05, 0.1) is 12.5 Å². The summed E-state index contributed by atoms with van der Waals surface area (Å²) in [5, 5.41) is 4.02. The predicted octanol–water partition coefficient (Wildman–Crippen LogP) is 2.60.